The SMILES string of the molecule is O=C(O)NCc1ccc(-c2ccc(N3CC[C@H](Oc4ccc(C(F)(F)F)cn4)C3)c(CO)c2)cc1. The smallest absolute Gasteiger partial charge is 0.417 e. The van der Waals surface area contributed by atoms with Gasteiger partial charge < -0.3 is 25.2 Å². The first-order chi connectivity index (χ1) is 16.7. The van der Waals surface area contributed by atoms with E-state index in [1.807, 2.05) is 42.5 Å². The summed E-state index contributed by atoms with van der Waals surface area (Å²) in [5.74, 6) is 0.143. The van der Waals surface area contributed by atoms with Crippen LogP contribution in [0.5, 0.6) is 5.88 Å². The molecule has 1 atom stereocenters. The molecule has 1 saturated heterocycles. The summed E-state index contributed by atoms with van der Waals surface area (Å²) < 4.78 is 43.9. The van der Waals surface area contributed by atoms with Gasteiger partial charge in [0, 0.05) is 43.0 Å². The normalized spacial score (nSPS) is 15.8. The van der Waals surface area contributed by atoms with Gasteiger partial charge in [-0.2, -0.15) is 13.2 Å². The van der Waals surface area contributed by atoms with Gasteiger partial charge in [0.05, 0.1) is 18.7 Å². The van der Waals surface area contributed by atoms with E-state index < -0.39 is 17.8 Å². The van der Waals surface area contributed by atoms with E-state index in [0.29, 0.717) is 19.5 Å². The van der Waals surface area contributed by atoms with Gasteiger partial charge in [0.2, 0.25) is 5.88 Å². The number of hydrogen-bond donors (Lipinski definition) is 3. The van der Waals surface area contributed by atoms with Crippen molar-refractivity contribution in [3.05, 3.63) is 77.5 Å². The van der Waals surface area contributed by atoms with Gasteiger partial charge in [0.15, 0.2) is 0 Å². The van der Waals surface area contributed by atoms with Crippen molar-refractivity contribution < 1.29 is 32.9 Å². The summed E-state index contributed by atoms with van der Waals surface area (Å²) in [6, 6.07) is 15.4. The van der Waals surface area contributed by atoms with E-state index in [2.05, 4.69) is 15.2 Å². The maximum absolute atomic E-state index is 12.7. The van der Waals surface area contributed by atoms with Crippen molar-refractivity contribution >= 4 is 11.8 Å². The minimum Gasteiger partial charge on any atom is -0.472 e. The number of aliphatic hydroxyl groups excluding tert-OH is 1. The fraction of sp³-hybridized carbons (Fsp3) is 0.280. The number of pyridine rings is 1. The second kappa shape index (κ2) is 10.2. The fourth-order valence-corrected chi connectivity index (χ4v) is 4.02. The van der Waals surface area contributed by atoms with Gasteiger partial charge in [0.25, 0.3) is 0 Å². The quantitative estimate of drug-likeness (QED) is 0.448. The summed E-state index contributed by atoms with van der Waals surface area (Å²) in [6.45, 7) is 1.24. The van der Waals surface area contributed by atoms with E-state index in [0.717, 1.165) is 40.2 Å². The van der Waals surface area contributed by atoms with Gasteiger partial charge in [-0.25, -0.2) is 9.78 Å². The highest BCUT2D eigenvalue weighted by Gasteiger charge is 2.31. The summed E-state index contributed by atoms with van der Waals surface area (Å²) in [6.07, 6.45) is -4.33. The third kappa shape index (κ3) is 6.02. The van der Waals surface area contributed by atoms with Crippen molar-refractivity contribution in [2.45, 2.75) is 31.9 Å². The zero-order valence-electron chi connectivity index (χ0n) is 18.6. The van der Waals surface area contributed by atoms with Crippen LogP contribution in [0.2, 0.25) is 0 Å². The maximum atomic E-state index is 12.7. The van der Waals surface area contributed by atoms with Crippen LogP contribution in [0.3, 0.4) is 0 Å². The molecule has 1 aromatic heterocycles. The van der Waals surface area contributed by atoms with Crippen molar-refractivity contribution in [3.8, 4) is 17.0 Å². The van der Waals surface area contributed by atoms with Crippen molar-refractivity contribution in [2.24, 2.45) is 0 Å². The lowest BCUT2D eigenvalue weighted by atomic mass is 10.0. The van der Waals surface area contributed by atoms with Gasteiger partial charge in [-0.15, -0.1) is 0 Å². The summed E-state index contributed by atoms with van der Waals surface area (Å²) in [4.78, 5) is 16.5. The minimum atomic E-state index is -4.44. The van der Waals surface area contributed by atoms with Gasteiger partial charge >= 0.3 is 12.3 Å². The number of nitrogens with zero attached hydrogens (tertiary/aromatic N) is 2. The number of alkyl halides is 3. The highest BCUT2D eigenvalue weighted by Crippen LogP contribution is 2.32. The number of halogens is 3. The molecule has 1 amide bonds. The molecular weight excluding hydrogens is 463 g/mol. The molecule has 35 heavy (non-hydrogen) atoms. The van der Waals surface area contributed by atoms with Crippen LogP contribution in [0.4, 0.5) is 23.7 Å². The standard InChI is InChI=1S/C25H24F3N3O4/c26-25(27,28)20-6-8-23(29-13-20)35-21-9-10-31(14-21)22-7-5-18(11-19(22)15-32)17-3-1-16(2-4-17)12-30-24(33)34/h1-8,11,13,21,30,32H,9-10,12,14-15H2,(H,33,34)/t21-/m0/s1. The predicted molar refractivity (Wildman–Crippen MR) is 123 cm³/mol. The van der Waals surface area contributed by atoms with E-state index in [4.69, 9.17) is 9.84 Å². The van der Waals surface area contributed by atoms with Gasteiger partial charge in [-0.3, -0.25) is 0 Å². The summed E-state index contributed by atoms with van der Waals surface area (Å²) >= 11 is 0. The molecule has 3 aromatic rings. The highest BCUT2D eigenvalue weighted by molar-refractivity contribution is 5.70. The van der Waals surface area contributed by atoms with Crippen LogP contribution in [-0.2, 0) is 19.3 Å². The molecule has 0 aliphatic carbocycles. The molecule has 1 aliphatic rings. The molecule has 10 heteroatoms. The van der Waals surface area contributed by atoms with Gasteiger partial charge in [-0.05, 0) is 34.9 Å². The molecule has 1 fully saturated rings. The van der Waals surface area contributed by atoms with E-state index in [1.54, 1.807) is 0 Å². The highest BCUT2D eigenvalue weighted by atomic mass is 19.4. The number of rotatable bonds is 7. The summed E-state index contributed by atoms with van der Waals surface area (Å²) in [5, 5.41) is 21.0. The number of aromatic nitrogens is 1. The molecule has 0 unspecified atom stereocenters. The Labute approximate surface area is 199 Å². The molecule has 2 heterocycles. The lowest BCUT2D eigenvalue weighted by Crippen LogP contribution is -2.25. The summed E-state index contributed by atoms with van der Waals surface area (Å²) in [7, 11) is 0. The molecular formula is C25H24F3N3O4. The molecule has 0 radical (unpaired) electrons. The Balaban J connectivity index is 1.42. The van der Waals surface area contributed by atoms with Crippen molar-refractivity contribution in [2.75, 3.05) is 18.0 Å². The zero-order chi connectivity index (χ0) is 25.0. The predicted octanol–water partition coefficient (Wildman–Crippen LogP) is 4.69. The number of anilines is 1. The Kier molecular flexibility index (Phi) is 7.11. The van der Waals surface area contributed by atoms with Gasteiger partial charge in [0.1, 0.15) is 6.10 Å². The number of benzene rings is 2. The van der Waals surface area contributed by atoms with Crippen LogP contribution < -0.4 is 15.0 Å². The van der Waals surface area contributed by atoms with Crippen LogP contribution in [0.25, 0.3) is 11.1 Å². The fourth-order valence-electron chi connectivity index (χ4n) is 4.02. The number of nitrogens with one attached hydrogen (secondary N) is 1. The third-order valence-electron chi connectivity index (χ3n) is 5.82. The molecule has 3 N–H and O–H groups in total. The number of amides is 1. The Hall–Kier alpha value is -3.79. The molecule has 4 rings (SSSR count). The average molecular weight is 487 g/mol. The monoisotopic (exact) mass is 487 g/mol. The van der Waals surface area contributed by atoms with E-state index in [1.165, 1.54) is 6.07 Å². The lowest BCUT2D eigenvalue weighted by molar-refractivity contribution is -0.137. The van der Waals surface area contributed by atoms with Crippen LogP contribution in [0, 0.1) is 0 Å². The van der Waals surface area contributed by atoms with Crippen molar-refractivity contribution in [3.63, 3.8) is 0 Å². The molecule has 0 bridgehead atoms. The molecule has 0 spiro atoms. The van der Waals surface area contributed by atoms with Crippen LogP contribution in [0.15, 0.2) is 60.8 Å². The number of carbonyl (C=O) groups is 1. The Morgan fingerprint density at radius 3 is 2.49 bits per heavy atom. The largest absolute Gasteiger partial charge is 0.472 e. The average Bonchev–Trinajstić information content (AvgIpc) is 3.30. The van der Waals surface area contributed by atoms with E-state index >= 15 is 0 Å². The topological polar surface area (TPSA) is 94.9 Å². The first kappa shape index (κ1) is 24.3. The van der Waals surface area contributed by atoms with Crippen molar-refractivity contribution in [1.29, 1.82) is 0 Å². The number of ether oxygens (including phenoxy) is 1. The minimum absolute atomic E-state index is 0.143. The molecule has 184 valence electrons. The molecule has 1 aliphatic heterocycles. The van der Waals surface area contributed by atoms with Crippen LogP contribution >= 0.6 is 0 Å². The molecule has 0 saturated carbocycles. The lowest BCUT2D eigenvalue weighted by Gasteiger charge is -2.22. The zero-order valence-corrected chi connectivity index (χ0v) is 18.6. The maximum Gasteiger partial charge on any atom is 0.417 e. The first-order valence-electron chi connectivity index (χ1n) is 11.0. The second-order valence-electron chi connectivity index (χ2n) is 8.21. The van der Waals surface area contributed by atoms with E-state index in [9.17, 15) is 23.1 Å². The Bertz CT molecular complexity index is 1170. The third-order valence-corrected chi connectivity index (χ3v) is 5.82. The molecule has 2 aromatic carbocycles. The summed E-state index contributed by atoms with van der Waals surface area (Å²) in [5.41, 5.74) is 3.47. The number of carboxylic acid groups (broad SMARTS) is 1. The van der Waals surface area contributed by atoms with Gasteiger partial charge in [-0.1, -0.05) is 30.3 Å². The molecule has 7 nitrogen and oxygen atoms in total. The Morgan fingerprint density at radius 1 is 1.11 bits per heavy atom. The Morgan fingerprint density at radius 2 is 1.86 bits per heavy atom. The number of aliphatic hydroxyl groups is 1. The first-order valence-corrected chi connectivity index (χ1v) is 11.0. The van der Waals surface area contributed by atoms with Crippen LogP contribution in [-0.4, -0.2) is 40.5 Å². The number of hydrogen-bond acceptors (Lipinski definition) is 5. The van der Waals surface area contributed by atoms with E-state index in [-0.39, 0.29) is 25.1 Å². The van der Waals surface area contributed by atoms with Crippen molar-refractivity contribution in [1.82, 2.24) is 10.3 Å². The second-order valence-corrected chi connectivity index (χ2v) is 8.21. The van der Waals surface area contributed by atoms with Crippen LogP contribution in [0.1, 0.15) is 23.1 Å².